The second-order valence-corrected chi connectivity index (χ2v) is 5.83. The number of sulfonamides is 1. The number of carboxylic acid groups (broad SMARTS) is 1. The molecule has 0 aliphatic carbocycles. The van der Waals surface area contributed by atoms with Crippen LogP contribution in [-0.2, 0) is 14.8 Å². The number of aliphatic carboxylic acids is 1. The number of hydrogen-bond donors (Lipinski definition) is 1. The Labute approximate surface area is 109 Å². The van der Waals surface area contributed by atoms with Crippen LogP contribution >= 0.6 is 11.6 Å². The van der Waals surface area contributed by atoms with Gasteiger partial charge in [0, 0.05) is 7.05 Å². The van der Waals surface area contributed by atoms with Gasteiger partial charge in [-0.25, -0.2) is 8.42 Å². The van der Waals surface area contributed by atoms with Gasteiger partial charge in [0.1, 0.15) is 11.4 Å². The van der Waals surface area contributed by atoms with E-state index in [9.17, 15) is 13.2 Å². The number of nitrogens with zero attached hydrogens (tertiary/aromatic N) is 2. The summed E-state index contributed by atoms with van der Waals surface area (Å²) in [5.74, 6) is -1.27. The summed E-state index contributed by atoms with van der Waals surface area (Å²) in [6.07, 6.45) is 0. The van der Waals surface area contributed by atoms with Crippen molar-refractivity contribution in [2.45, 2.75) is 4.90 Å². The summed E-state index contributed by atoms with van der Waals surface area (Å²) in [4.78, 5) is 10.3. The van der Waals surface area contributed by atoms with E-state index in [-0.39, 0.29) is 15.5 Å². The lowest BCUT2D eigenvalue weighted by molar-refractivity contribution is -0.137. The highest BCUT2D eigenvalue weighted by Gasteiger charge is 2.25. The molecule has 8 heteroatoms. The number of hydrogen-bond acceptors (Lipinski definition) is 4. The molecule has 1 aromatic rings. The van der Waals surface area contributed by atoms with Crippen LogP contribution in [0.2, 0.25) is 5.02 Å². The molecule has 0 radical (unpaired) electrons. The van der Waals surface area contributed by atoms with Crippen LogP contribution < -0.4 is 0 Å². The van der Waals surface area contributed by atoms with E-state index in [2.05, 4.69) is 0 Å². The molecule has 0 saturated heterocycles. The van der Waals surface area contributed by atoms with Gasteiger partial charge >= 0.3 is 5.97 Å². The maximum atomic E-state index is 12.0. The van der Waals surface area contributed by atoms with E-state index in [1.54, 1.807) is 0 Å². The highest BCUT2D eigenvalue weighted by molar-refractivity contribution is 7.89. The zero-order valence-corrected chi connectivity index (χ0v) is 10.9. The van der Waals surface area contributed by atoms with E-state index in [1.165, 1.54) is 18.2 Å². The van der Waals surface area contributed by atoms with Gasteiger partial charge in [0.2, 0.25) is 10.0 Å². The van der Waals surface area contributed by atoms with Gasteiger partial charge in [-0.2, -0.15) is 9.57 Å². The molecule has 1 rings (SSSR count). The van der Waals surface area contributed by atoms with Crippen LogP contribution in [0.25, 0.3) is 0 Å². The fraction of sp³-hybridized carbons (Fsp3) is 0.200. The van der Waals surface area contributed by atoms with Gasteiger partial charge in [0.05, 0.1) is 16.7 Å². The zero-order chi connectivity index (χ0) is 13.9. The Morgan fingerprint density at radius 1 is 1.56 bits per heavy atom. The van der Waals surface area contributed by atoms with E-state index >= 15 is 0 Å². The third-order valence-corrected chi connectivity index (χ3v) is 4.39. The average Bonchev–Trinajstić information content (AvgIpc) is 2.27. The van der Waals surface area contributed by atoms with Crippen LogP contribution in [0.5, 0.6) is 0 Å². The molecule has 0 amide bonds. The van der Waals surface area contributed by atoms with Crippen molar-refractivity contribution in [2.24, 2.45) is 0 Å². The Bertz CT molecular complexity index is 621. The number of rotatable bonds is 4. The topological polar surface area (TPSA) is 98.5 Å². The van der Waals surface area contributed by atoms with Crippen LogP contribution in [-0.4, -0.2) is 37.4 Å². The molecule has 0 atom stereocenters. The number of carboxylic acids is 1. The maximum Gasteiger partial charge on any atom is 0.318 e. The van der Waals surface area contributed by atoms with Crippen molar-refractivity contribution in [3.8, 4) is 6.07 Å². The Morgan fingerprint density at radius 3 is 2.61 bits per heavy atom. The molecule has 0 bridgehead atoms. The normalized spacial score (nSPS) is 11.2. The monoisotopic (exact) mass is 288 g/mol. The predicted octanol–water partition coefficient (Wildman–Crippen LogP) is 0.917. The molecular formula is C10H9ClN2O4S. The molecule has 1 N–H and O–H groups in total. The van der Waals surface area contributed by atoms with Crippen molar-refractivity contribution in [1.29, 1.82) is 5.26 Å². The third kappa shape index (κ3) is 2.98. The van der Waals surface area contributed by atoms with Crippen molar-refractivity contribution < 1.29 is 18.3 Å². The van der Waals surface area contributed by atoms with Crippen LogP contribution in [0, 0.1) is 11.3 Å². The van der Waals surface area contributed by atoms with Gasteiger partial charge in [0.25, 0.3) is 0 Å². The average molecular weight is 289 g/mol. The molecule has 0 fully saturated rings. The molecule has 0 aromatic heterocycles. The van der Waals surface area contributed by atoms with Gasteiger partial charge in [-0.3, -0.25) is 4.79 Å². The first kappa shape index (κ1) is 14.4. The van der Waals surface area contributed by atoms with Crippen molar-refractivity contribution >= 4 is 27.6 Å². The number of benzene rings is 1. The number of nitriles is 1. The second kappa shape index (κ2) is 5.35. The first-order valence-corrected chi connectivity index (χ1v) is 6.48. The molecule has 6 nitrogen and oxygen atoms in total. The summed E-state index contributed by atoms with van der Waals surface area (Å²) < 4.78 is 24.6. The van der Waals surface area contributed by atoms with Crippen LogP contribution in [0.3, 0.4) is 0 Å². The molecule has 0 spiro atoms. The first-order valence-electron chi connectivity index (χ1n) is 4.67. The quantitative estimate of drug-likeness (QED) is 0.888. The van der Waals surface area contributed by atoms with Gasteiger partial charge in [-0.1, -0.05) is 11.6 Å². The first-order chi connectivity index (χ1) is 8.28. The molecule has 0 saturated carbocycles. The van der Waals surface area contributed by atoms with Gasteiger partial charge in [-0.05, 0) is 18.2 Å². The van der Waals surface area contributed by atoms with Crippen LogP contribution in [0.1, 0.15) is 5.56 Å². The zero-order valence-electron chi connectivity index (χ0n) is 9.29. The Hall–Kier alpha value is -1.62. The number of likely N-dealkylation sites (N-methyl/N-ethyl adjacent to an activating group) is 1. The van der Waals surface area contributed by atoms with Gasteiger partial charge < -0.3 is 5.11 Å². The molecular weight excluding hydrogens is 280 g/mol. The van der Waals surface area contributed by atoms with Crippen molar-refractivity contribution in [1.82, 2.24) is 4.31 Å². The molecule has 1 aromatic carbocycles. The number of halogens is 1. The Balaban J connectivity index is 3.21. The summed E-state index contributed by atoms with van der Waals surface area (Å²) in [5, 5.41) is 17.1. The molecule has 96 valence electrons. The molecule has 0 aliphatic heterocycles. The van der Waals surface area contributed by atoms with Crippen LogP contribution in [0.4, 0.5) is 0 Å². The summed E-state index contributed by atoms with van der Waals surface area (Å²) in [6, 6.07) is 5.51. The molecule has 18 heavy (non-hydrogen) atoms. The van der Waals surface area contributed by atoms with Crippen molar-refractivity contribution in [3.63, 3.8) is 0 Å². The second-order valence-electron chi connectivity index (χ2n) is 3.41. The lowest BCUT2D eigenvalue weighted by atomic mass is 10.2. The highest BCUT2D eigenvalue weighted by atomic mass is 35.5. The van der Waals surface area contributed by atoms with E-state index in [1.807, 2.05) is 6.07 Å². The van der Waals surface area contributed by atoms with E-state index < -0.39 is 22.5 Å². The third-order valence-electron chi connectivity index (χ3n) is 2.11. The molecule has 0 unspecified atom stereocenters. The van der Waals surface area contributed by atoms with Gasteiger partial charge in [-0.15, -0.1) is 0 Å². The minimum atomic E-state index is -3.98. The minimum Gasteiger partial charge on any atom is -0.480 e. The molecule has 0 heterocycles. The SMILES string of the molecule is CN(CC(=O)O)S(=O)(=O)c1ccc(C#N)cc1Cl. The largest absolute Gasteiger partial charge is 0.480 e. The fourth-order valence-corrected chi connectivity index (χ4v) is 2.86. The summed E-state index contributed by atoms with van der Waals surface area (Å²) in [6.45, 7) is -0.668. The van der Waals surface area contributed by atoms with E-state index in [0.29, 0.717) is 4.31 Å². The van der Waals surface area contributed by atoms with Crippen molar-refractivity contribution in [2.75, 3.05) is 13.6 Å². The van der Waals surface area contributed by atoms with Crippen molar-refractivity contribution in [3.05, 3.63) is 28.8 Å². The summed E-state index contributed by atoms with van der Waals surface area (Å²) >= 11 is 5.77. The van der Waals surface area contributed by atoms with Gasteiger partial charge in [0.15, 0.2) is 0 Å². The number of carbonyl (C=O) groups is 1. The fourth-order valence-electron chi connectivity index (χ4n) is 1.22. The summed E-state index contributed by atoms with van der Waals surface area (Å²) in [5.41, 5.74) is 0.222. The van der Waals surface area contributed by atoms with E-state index in [4.69, 9.17) is 22.0 Å². The standard InChI is InChI=1S/C10H9ClN2O4S/c1-13(6-10(14)15)18(16,17)9-3-2-7(5-12)4-8(9)11/h2-4H,6H2,1H3,(H,14,15). The smallest absolute Gasteiger partial charge is 0.318 e. The Morgan fingerprint density at radius 2 is 2.17 bits per heavy atom. The predicted molar refractivity (Wildman–Crippen MR) is 63.6 cm³/mol. The summed E-state index contributed by atoms with van der Waals surface area (Å²) in [7, 11) is -2.84. The Kier molecular flexibility index (Phi) is 4.29. The lowest BCUT2D eigenvalue weighted by Gasteiger charge is -2.15. The molecule has 0 aliphatic rings. The van der Waals surface area contributed by atoms with Crippen LogP contribution in [0.15, 0.2) is 23.1 Å². The van der Waals surface area contributed by atoms with E-state index in [0.717, 1.165) is 7.05 Å². The minimum absolute atomic E-state index is 0.119. The lowest BCUT2D eigenvalue weighted by Crippen LogP contribution is -2.32. The maximum absolute atomic E-state index is 12.0. The highest BCUT2D eigenvalue weighted by Crippen LogP contribution is 2.24.